The van der Waals surface area contributed by atoms with E-state index < -0.39 is 5.41 Å². The molecule has 0 aromatic carbocycles. The van der Waals surface area contributed by atoms with Crippen LogP contribution in [0.15, 0.2) is 12.7 Å². The molecule has 0 bridgehead atoms. The Morgan fingerprint density at radius 3 is 2.79 bits per heavy atom. The van der Waals surface area contributed by atoms with Crippen molar-refractivity contribution in [2.24, 2.45) is 10.8 Å². The number of aromatic nitrogens is 4. The predicted molar refractivity (Wildman–Crippen MR) is 106 cm³/mol. The predicted octanol–water partition coefficient (Wildman–Crippen LogP) is 1.39. The molecule has 1 unspecified atom stereocenters. The minimum Gasteiger partial charge on any atom is -0.466 e. The highest BCUT2D eigenvalue weighted by molar-refractivity contribution is 5.85. The van der Waals surface area contributed by atoms with Gasteiger partial charge in [0.2, 0.25) is 0 Å². The SMILES string of the molecule is CCOC(=O)C1(C)CCN(c2ncnc3c2ncn3CC2(CO)CCOCC2)C1. The topological polar surface area (TPSA) is 103 Å². The average molecular weight is 403 g/mol. The van der Waals surface area contributed by atoms with Gasteiger partial charge in [-0.1, -0.05) is 0 Å². The third-order valence-electron chi connectivity index (χ3n) is 6.32. The number of rotatable bonds is 6. The van der Waals surface area contributed by atoms with Gasteiger partial charge in [-0.15, -0.1) is 0 Å². The summed E-state index contributed by atoms with van der Waals surface area (Å²) in [5, 5.41) is 10.0. The molecule has 0 amide bonds. The smallest absolute Gasteiger partial charge is 0.313 e. The highest BCUT2D eigenvalue weighted by Gasteiger charge is 2.43. The molecule has 29 heavy (non-hydrogen) atoms. The van der Waals surface area contributed by atoms with E-state index in [1.165, 1.54) is 0 Å². The maximum Gasteiger partial charge on any atom is 0.313 e. The Balaban J connectivity index is 1.59. The lowest BCUT2D eigenvalue weighted by molar-refractivity contribution is -0.153. The highest BCUT2D eigenvalue weighted by atomic mass is 16.5. The standard InChI is InChI=1S/C20H29N5O4/c1-3-29-18(27)19(2)4-7-24(10-19)16-15-17(22-13-21-16)25(14-23-15)11-20(12-26)5-8-28-9-6-20/h13-14,26H,3-12H2,1-2H3. The lowest BCUT2D eigenvalue weighted by Crippen LogP contribution is -2.37. The van der Waals surface area contributed by atoms with E-state index in [1.807, 2.05) is 18.4 Å². The Bertz CT molecular complexity index is 879. The summed E-state index contributed by atoms with van der Waals surface area (Å²) in [4.78, 5) is 28.0. The van der Waals surface area contributed by atoms with E-state index in [1.54, 1.807) is 12.7 Å². The van der Waals surface area contributed by atoms with Crippen molar-refractivity contribution in [1.29, 1.82) is 0 Å². The zero-order valence-electron chi connectivity index (χ0n) is 17.1. The molecule has 9 nitrogen and oxygen atoms in total. The maximum atomic E-state index is 12.4. The molecule has 4 heterocycles. The average Bonchev–Trinajstić information content (AvgIpc) is 3.33. The van der Waals surface area contributed by atoms with E-state index in [0.717, 1.165) is 29.8 Å². The first-order valence-corrected chi connectivity index (χ1v) is 10.3. The van der Waals surface area contributed by atoms with Crippen molar-refractivity contribution in [2.75, 3.05) is 44.4 Å². The Labute approximate surface area is 170 Å². The van der Waals surface area contributed by atoms with Crippen LogP contribution in [-0.2, 0) is 20.8 Å². The minimum atomic E-state index is -0.543. The van der Waals surface area contributed by atoms with Crippen molar-refractivity contribution >= 4 is 23.0 Å². The van der Waals surface area contributed by atoms with Crippen LogP contribution in [0.2, 0.25) is 0 Å². The molecule has 0 aliphatic carbocycles. The van der Waals surface area contributed by atoms with E-state index in [-0.39, 0.29) is 18.0 Å². The fourth-order valence-electron chi connectivity index (χ4n) is 4.36. The Morgan fingerprint density at radius 1 is 1.28 bits per heavy atom. The van der Waals surface area contributed by atoms with E-state index in [4.69, 9.17) is 9.47 Å². The van der Waals surface area contributed by atoms with Crippen LogP contribution >= 0.6 is 0 Å². The molecule has 158 valence electrons. The molecule has 0 spiro atoms. The molecule has 1 N–H and O–H groups in total. The number of imidazole rings is 1. The Kier molecular flexibility index (Phi) is 5.44. The third kappa shape index (κ3) is 3.69. The quantitative estimate of drug-likeness (QED) is 0.722. The van der Waals surface area contributed by atoms with Gasteiger partial charge in [-0.05, 0) is 33.1 Å². The van der Waals surface area contributed by atoms with Gasteiger partial charge < -0.3 is 24.0 Å². The number of ether oxygens (including phenoxy) is 2. The molecule has 2 aromatic rings. The second-order valence-corrected chi connectivity index (χ2v) is 8.47. The van der Waals surface area contributed by atoms with Crippen molar-refractivity contribution in [3.63, 3.8) is 0 Å². The largest absolute Gasteiger partial charge is 0.466 e. The second kappa shape index (κ2) is 7.87. The molecule has 0 saturated carbocycles. The molecule has 4 rings (SSSR count). The zero-order chi connectivity index (χ0) is 20.5. The molecule has 1 atom stereocenters. The molecule has 2 aliphatic heterocycles. The molecular formula is C20H29N5O4. The van der Waals surface area contributed by atoms with Crippen molar-refractivity contribution in [1.82, 2.24) is 19.5 Å². The van der Waals surface area contributed by atoms with Gasteiger partial charge in [0.1, 0.15) is 6.33 Å². The summed E-state index contributed by atoms with van der Waals surface area (Å²) in [5.41, 5.74) is 0.714. The Hall–Kier alpha value is -2.26. The molecular weight excluding hydrogens is 374 g/mol. The minimum absolute atomic E-state index is 0.109. The van der Waals surface area contributed by atoms with Gasteiger partial charge in [-0.3, -0.25) is 4.79 Å². The van der Waals surface area contributed by atoms with Crippen LogP contribution in [0.25, 0.3) is 11.2 Å². The molecule has 2 saturated heterocycles. The lowest BCUT2D eigenvalue weighted by atomic mass is 9.81. The normalized spacial score (nSPS) is 24.2. The zero-order valence-corrected chi connectivity index (χ0v) is 17.1. The summed E-state index contributed by atoms with van der Waals surface area (Å²) in [7, 11) is 0. The highest BCUT2D eigenvalue weighted by Crippen LogP contribution is 2.37. The van der Waals surface area contributed by atoms with Crippen molar-refractivity contribution in [3.8, 4) is 0 Å². The number of fused-ring (bicyclic) bond motifs is 1. The number of hydrogen-bond donors (Lipinski definition) is 1. The van der Waals surface area contributed by atoms with Crippen molar-refractivity contribution < 1.29 is 19.4 Å². The third-order valence-corrected chi connectivity index (χ3v) is 6.32. The summed E-state index contributed by atoms with van der Waals surface area (Å²) < 4.78 is 12.7. The number of aliphatic hydroxyl groups is 1. The molecule has 0 radical (unpaired) electrons. The van der Waals surface area contributed by atoms with Gasteiger partial charge >= 0.3 is 5.97 Å². The van der Waals surface area contributed by atoms with Gasteiger partial charge in [-0.25, -0.2) is 15.0 Å². The second-order valence-electron chi connectivity index (χ2n) is 8.47. The number of esters is 1. The first-order chi connectivity index (χ1) is 14.0. The van der Waals surface area contributed by atoms with Gasteiger partial charge in [0.15, 0.2) is 17.0 Å². The number of hydrogen-bond acceptors (Lipinski definition) is 8. The molecule has 2 aliphatic rings. The number of nitrogens with zero attached hydrogens (tertiary/aromatic N) is 5. The van der Waals surface area contributed by atoms with Crippen molar-refractivity contribution in [3.05, 3.63) is 12.7 Å². The summed E-state index contributed by atoms with van der Waals surface area (Å²) in [6.07, 6.45) is 5.66. The lowest BCUT2D eigenvalue weighted by Gasteiger charge is -2.35. The van der Waals surface area contributed by atoms with Crippen LogP contribution in [0.3, 0.4) is 0 Å². The van der Waals surface area contributed by atoms with Gasteiger partial charge in [0, 0.05) is 38.3 Å². The van der Waals surface area contributed by atoms with E-state index in [0.29, 0.717) is 45.9 Å². The summed E-state index contributed by atoms with van der Waals surface area (Å²) in [5.74, 6) is 0.578. The van der Waals surface area contributed by atoms with Gasteiger partial charge in [0.05, 0.1) is 25.0 Å². The van der Waals surface area contributed by atoms with Crippen LogP contribution in [0.4, 0.5) is 5.82 Å². The fraction of sp³-hybridized carbons (Fsp3) is 0.700. The van der Waals surface area contributed by atoms with E-state index >= 15 is 0 Å². The first-order valence-electron chi connectivity index (χ1n) is 10.3. The summed E-state index contributed by atoms with van der Waals surface area (Å²) >= 11 is 0. The van der Waals surface area contributed by atoms with Crippen molar-refractivity contribution in [2.45, 2.75) is 39.7 Å². The number of anilines is 1. The van der Waals surface area contributed by atoms with Gasteiger partial charge in [0.25, 0.3) is 0 Å². The molecule has 2 fully saturated rings. The van der Waals surface area contributed by atoms with Crippen LogP contribution in [0.5, 0.6) is 0 Å². The fourth-order valence-corrected chi connectivity index (χ4v) is 4.36. The van der Waals surface area contributed by atoms with E-state index in [2.05, 4.69) is 19.9 Å². The van der Waals surface area contributed by atoms with Crippen LogP contribution in [0, 0.1) is 10.8 Å². The number of aliphatic hydroxyl groups excluding tert-OH is 1. The number of carbonyl (C=O) groups excluding carboxylic acids is 1. The van der Waals surface area contributed by atoms with Crippen LogP contribution in [-0.4, -0.2) is 70.1 Å². The van der Waals surface area contributed by atoms with Gasteiger partial charge in [-0.2, -0.15) is 0 Å². The molecule has 2 aromatic heterocycles. The maximum absolute atomic E-state index is 12.4. The number of carbonyl (C=O) groups is 1. The molecule has 9 heteroatoms. The monoisotopic (exact) mass is 403 g/mol. The van der Waals surface area contributed by atoms with Crippen LogP contribution in [0.1, 0.15) is 33.1 Å². The Morgan fingerprint density at radius 2 is 2.07 bits per heavy atom. The first kappa shape index (κ1) is 20.0. The summed E-state index contributed by atoms with van der Waals surface area (Å²) in [6.45, 7) is 7.48. The van der Waals surface area contributed by atoms with Crippen LogP contribution < -0.4 is 4.90 Å². The van der Waals surface area contributed by atoms with E-state index in [9.17, 15) is 9.90 Å². The summed E-state index contributed by atoms with van der Waals surface area (Å²) in [6, 6.07) is 0.